The third-order valence-corrected chi connectivity index (χ3v) is 4.62. The van der Waals surface area contributed by atoms with Gasteiger partial charge < -0.3 is 10.6 Å². The van der Waals surface area contributed by atoms with Crippen LogP contribution < -0.4 is 16.0 Å². The first kappa shape index (κ1) is 19.2. The predicted molar refractivity (Wildman–Crippen MR) is 101 cm³/mol. The number of hydrogen-bond acceptors (Lipinski definition) is 4. The lowest BCUT2D eigenvalue weighted by Crippen LogP contribution is -2.53. The highest BCUT2D eigenvalue weighted by molar-refractivity contribution is 5.96. The first-order valence-electron chi connectivity index (χ1n) is 9.04. The van der Waals surface area contributed by atoms with Crippen LogP contribution in [0.1, 0.15) is 39.2 Å². The molecule has 0 radical (unpaired) electrons. The zero-order valence-electron chi connectivity index (χ0n) is 15.6. The zero-order chi connectivity index (χ0) is 18.4. The van der Waals surface area contributed by atoms with E-state index >= 15 is 0 Å². The van der Waals surface area contributed by atoms with Crippen molar-refractivity contribution in [2.45, 2.75) is 58.7 Å². The molecule has 0 saturated carbocycles. The maximum Gasteiger partial charge on any atom is 0.321 e. The number of nitrogens with one attached hydrogen (secondary N) is 3. The number of urea groups is 1. The van der Waals surface area contributed by atoms with Crippen molar-refractivity contribution in [3.8, 4) is 0 Å². The lowest BCUT2D eigenvalue weighted by molar-refractivity contribution is -0.125. The van der Waals surface area contributed by atoms with Crippen molar-refractivity contribution in [1.29, 1.82) is 0 Å². The second-order valence-corrected chi connectivity index (χ2v) is 7.06. The quantitative estimate of drug-likeness (QED) is 0.766. The molecule has 6 nitrogen and oxygen atoms in total. The molecule has 1 saturated heterocycles. The van der Waals surface area contributed by atoms with Crippen molar-refractivity contribution in [2.24, 2.45) is 0 Å². The average molecular weight is 346 g/mol. The summed E-state index contributed by atoms with van der Waals surface area (Å²) in [4.78, 5) is 26.0. The van der Waals surface area contributed by atoms with Crippen molar-refractivity contribution in [3.63, 3.8) is 0 Å². The summed E-state index contributed by atoms with van der Waals surface area (Å²) in [6.07, 6.45) is 1.95. The van der Waals surface area contributed by atoms with Crippen LogP contribution in [0.15, 0.2) is 24.3 Å². The lowest BCUT2D eigenvalue weighted by Gasteiger charge is -2.36. The molecule has 1 aromatic carbocycles. The number of para-hydroxylation sites is 1. The molecule has 2 rings (SSSR count). The van der Waals surface area contributed by atoms with Gasteiger partial charge in [0, 0.05) is 30.9 Å². The monoisotopic (exact) mass is 346 g/mol. The van der Waals surface area contributed by atoms with E-state index < -0.39 is 6.03 Å². The van der Waals surface area contributed by atoms with Crippen LogP contribution in [0.3, 0.4) is 0 Å². The third kappa shape index (κ3) is 5.74. The number of rotatable bonds is 5. The Kier molecular flexibility index (Phi) is 6.82. The van der Waals surface area contributed by atoms with Crippen molar-refractivity contribution < 1.29 is 9.59 Å². The molecule has 3 amide bonds. The van der Waals surface area contributed by atoms with Crippen LogP contribution in [0.25, 0.3) is 0 Å². The average Bonchev–Trinajstić information content (AvgIpc) is 2.56. The molecule has 6 heteroatoms. The van der Waals surface area contributed by atoms with E-state index in [-0.39, 0.29) is 18.0 Å². The number of imide groups is 1. The topological polar surface area (TPSA) is 73.5 Å². The molecule has 1 aliphatic rings. The maximum atomic E-state index is 12.2. The Morgan fingerprint density at radius 2 is 1.76 bits per heavy atom. The summed E-state index contributed by atoms with van der Waals surface area (Å²) in [6, 6.07) is 7.97. The van der Waals surface area contributed by atoms with E-state index in [1.807, 2.05) is 32.9 Å². The highest BCUT2D eigenvalue weighted by atomic mass is 16.2. The van der Waals surface area contributed by atoms with Gasteiger partial charge in [-0.15, -0.1) is 0 Å². The molecule has 1 aliphatic heterocycles. The summed E-state index contributed by atoms with van der Waals surface area (Å²) in [5, 5.41) is 8.69. The Morgan fingerprint density at radius 1 is 1.12 bits per heavy atom. The number of nitrogens with zero attached hydrogens (tertiary/aromatic N) is 1. The van der Waals surface area contributed by atoms with Crippen LogP contribution in [0.5, 0.6) is 0 Å². The number of aryl methyl sites for hydroxylation is 1. The second kappa shape index (κ2) is 8.85. The molecular formula is C19H30N4O2. The number of likely N-dealkylation sites (tertiary alicyclic amines) is 1. The molecule has 25 heavy (non-hydrogen) atoms. The van der Waals surface area contributed by atoms with Crippen LogP contribution in [-0.2, 0) is 4.79 Å². The van der Waals surface area contributed by atoms with Gasteiger partial charge in [-0.25, -0.2) is 4.79 Å². The smallest absolute Gasteiger partial charge is 0.321 e. The largest absolute Gasteiger partial charge is 0.382 e. The minimum atomic E-state index is -0.428. The number of carbonyl (C=O) groups excluding carboxylic acids is 2. The van der Waals surface area contributed by atoms with Gasteiger partial charge in [0.15, 0.2) is 0 Å². The van der Waals surface area contributed by atoms with Gasteiger partial charge in [0.25, 0.3) is 0 Å². The Hall–Kier alpha value is -2.08. The number of anilines is 1. The first-order chi connectivity index (χ1) is 11.9. The second-order valence-electron chi connectivity index (χ2n) is 7.06. The van der Waals surface area contributed by atoms with Gasteiger partial charge in [0.2, 0.25) is 5.91 Å². The molecule has 3 N–H and O–H groups in total. The van der Waals surface area contributed by atoms with E-state index in [0.717, 1.165) is 25.9 Å². The summed E-state index contributed by atoms with van der Waals surface area (Å²) in [6.45, 7) is 9.35. The van der Waals surface area contributed by atoms with E-state index in [2.05, 4.69) is 39.9 Å². The van der Waals surface area contributed by atoms with Gasteiger partial charge in [0.1, 0.15) is 0 Å². The van der Waals surface area contributed by atoms with Crippen LogP contribution in [0, 0.1) is 6.92 Å². The Bertz CT molecular complexity index is 595. The minimum Gasteiger partial charge on any atom is -0.382 e. The zero-order valence-corrected chi connectivity index (χ0v) is 15.6. The lowest BCUT2D eigenvalue weighted by atomic mass is 10.0. The SMILES string of the molecule is Cc1ccccc1NC1CCN(C(C)C(=O)NC(=O)NC(C)C)CC1. The molecule has 0 aliphatic carbocycles. The van der Waals surface area contributed by atoms with Crippen molar-refractivity contribution >= 4 is 17.6 Å². The van der Waals surface area contributed by atoms with Crippen LogP contribution in [-0.4, -0.2) is 48.1 Å². The van der Waals surface area contributed by atoms with Crippen molar-refractivity contribution in [1.82, 2.24) is 15.5 Å². The van der Waals surface area contributed by atoms with Gasteiger partial charge in [-0.1, -0.05) is 18.2 Å². The van der Waals surface area contributed by atoms with E-state index in [4.69, 9.17) is 0 Å². The van der Waals surface area contributed by atoms with Gasteiger partial charge in [0.05, 0.1) is 6.04 Å². The number of hydrogen-bond donors (Lipinski definition) is 3. The highest BCUT2D eigenvalue weighted by Crippen LogP contribution is 2.20. The van der Waals surface area contributed by atoms with Crippen molar-refractivity contribution in [2.75, 3.05) is 18.4 Å². The van der Waals surface area contributed by atoms with E-state index in [1.165, 1.54) is 11.3 Å². The van der Waals surface area contributed by atoms with Crippen LogP contribution in [0.4, 0.5) is 10.5 Å². The van der Waals surface area contributed by atoms with Gasteiger partial charge >= 0.3 is 6.03 Å². The molecule has 1 fully saturated rings. The maximum absolute atomic E-state index is 12.2. The van der Waals surface area contributed by atoms with E-state index in [1.54, 1.807) is 0 Å². The highest BCUT2D eigenvalue weighted by Gasteiger charge is 2.27. The fourth-order valence-corrected chi connectivity index (χ4v) is 3.07. The number of piperidine rings is 1. The number of carbonyl (C=O) groups is 2. The minimum absolute atomic E-state index is 0.00590. The normalized spacial score (nSPS) is 17.2. The van der Waals surface area contributed by atoms with Gasteiger partial charge in [-0.05, 0) is 52.2 Å². The molecular weight excluding hydrogens is 316 g/mol. The van der Waals surface area contributed by atoms with Gasteiger partial charge in [-0.2, -0.15) is 0 Å². The fourth-order valence-electron chi connectivity index (χ4n) is 3.07. The molecule has 1 unspecified atom stereocenters. The molecule has 138 valence electrons. The number of benzene rings is 1. The summed E-state index contributed by atoms with van der Waals surface area (Å²) < 4.78 is 0. The fraction of sp³-hybridized carbons (Fsp3) is 0.579. The molecule has 0 spiro atoms. The Labute approximate surface area is 150 Å². The molecule has 0 aromatic heterocycles. The van der Waals surface area contributed by atoms with E-state index in [0.29, 0.717) is 6.04 Å². The standard InChI is InChI=1S/C19H30N4O2/c1-13(2)20-19(25)22-18(24)15(4)23-11-9-16(10-12-23)21-17-8-6-5-7-14(17)3/h5-8,13,15-16,21H,9-12H2,1-4H3,(H2,20,22,24,25). The molecule has 0 bridgehead atoms. The molecule has 1 heterocycles. The van der Waals surface area contributed by atoms with Crippen LogP contribution in [0.2, 0.25) is 0 Å². The Balaban J connectivity index is 1.80. The summed E-state index contributed by atoms with van der Waals surface area (Å²) in [5.74, 6) is -0.247. The predicted octanol–water partition coefficient (Wildman–Crippen LogP) is 2.49. The van der Waals surface area contributed by atoms with Gasteiger partial charge in [-0.3, -0.25) is 15.0 Å². The van der Waals surface area contributed by atoms with Crippen LogP contribution >= 0.6 is 0 Å². The van der Waals surface area contributed by atoms with E-state index in [9.17, 15) is 9.59 Å². The molecule has 1 atom stereocenters. The third-order valence-electron chi connectivity index (χ3n) is 4.62. The van der Waals surface area contributed by atoms with Crippen molar-refractivity contribution in [3.05, 3.63) is 29.8 Å². The summed E-state index contributed by atoms with van der Waals surface area (Å²) >= 11 is 0. The number of amides is 3. The Morgan fingerprint density at radius 3 is 2.36 bits per heavy atom. The summed E-state index contributed by atoms with van der Waals surface area (Å²) in [7, 11) is 0. The molecule has 1 aromatic rings. The summed E-state index contributed by atoms with van der Waals surface area (Å²) in [5.41, 5.74) is 2.42. The first-order valence-corrected chi connectivity index (χ1v) is 9.04.